The zero-order valence-corrected chi connectivity index (χ0v) is 31.5. The molecule has 4 aromatic carbocycles. The number of anilines is 2. The van der Waals surface area contributed by atoms with Crippen LogP contribution in [-0.2, 0) is 24.6 Å². The predicted octanol–water partition coefficient (Wildman–Crippen LogP) is 7.94. The Kier molecular flexibility index (Phi) is 9.22. The second-order valence-electron chi connectivity index (χ2n) is 14.1. The monoisotopic (exact) mass is 777 g/mol. The van der Waals surface area contributed by atoms with Gasteiger partial charge in [-0.1, -0.05) is 83.9 Å². The normalized spacial score (nSPS) is 25.6. The van der Waals surface area contributed by atoms with E-state index in [4.69, 9.17) is 32.7 Å². The first-order valence-electron chi connectivity index (χ1n) is 18.0. The number of allylic oxidation sites excluding steroid dienone is 2. The Morgan fingerprint density at radius 1 is 0.945 bits per heavy atom. The van der Waals surface area contributed by atoms with Crippen molar-refractivity contribution in [1.29, 1.82) is 0 Å². The second-order valence-corrected chi connectivity index (χ2v) is 15.0. The fourth-order valence-electron chi connectivity index (χ4n) is 9.25. The van der Waals surface area contributed by atoms with Crippen molar-refractivity contribution < 1.29 is 33.8 Å². The molecule has 2 N–H and O–H groups in total. The lowest BCUT2D eigenvalue weighted by atomic mass is 9.49. The van der Waals surface area contributed by atoms with Crippen LogP contribution in [0.3, 0.4) is 0 Å². The summed E-state index contributed by atoms with van der Waals surface area (Å²) in [5, 5.41) is 13.5. The molecule has 8 rings (SSSR count). The van der Waals surface area contributed by atoms with E-state index in [1.807, 2.05) is 6.08 Å². The number of carbonyl (C=O) groups excluding carboxylic acids is 4. The summed E-state index contributed by atoms with van der Waals surface area (Å²) in [5.74, 6) is -5.45. The van der Waals surface area contributed by atoms with Crippen molar-refractivity contribution in [2.24, 2.45) is 23.7 Å². The van der Waals surface area contributed by atoms with Gasteiger partial charge in [-0.15, -0.1) is 0 Å². The van der Waals surface area contributed by atoms with Gasteiger partial charge in [-0.25, -0.2) is 0 Å². The van der Waals surface area contributed by atoms with Crippen molar-refractivity contribution >= 4 is 64.3 Å². The molecule has 55 heavy (non-hydrogen) atoms. The van der Waals surface area contributed by atoms with Crippen LogP contribution in [0.2, 0.25) is 10.0 Å². The fourth-order valence-corrected chi connectivity index (χ4v) is 9.70. The van der Waals surface area contributed by atoms with Crippen LogP contribution in [-0.4, -0.2) is 47.5 Å². The summed E-state index contributed by atoms with van der Waals surface area (Å²) in [7, 11) is 1.54. The second kappa shape index (κ2) is 13.9. The number of ether oxygens (including phenoxy) is 2. The van der Waals surface area contributed by atoms with Crippen molar-refractivity contribution in [1.82, 2.24) is 5.01 Å². The number of fused-ring (bicyclic) bond motifs is 4. The molecular weight excluding hydrogens is 741 g/mol. The maximum absolute atomic E-state index is 15.5. The highest BCUT2D eigenvalue weighted by Crippen LogP contribution is 2.65. The molecule has 10 nitrogen and oxygen atoms in total. The van der Waals surface area contributed by atoms with E-state index in [0.29, 0.717) is 33.2 Å². The van der Waals surface area contributed by atoms with Gasteiger partial charge in [0.25, 0.3) is 11.8 Å². The molecule has 2 saturated heterocycles. The number of hydrogen-bond acceptors (Lipinski definition) is 8. The van der Waals surface area contributed by atoms with Gasteiger partial charge >= 0.3 is 0 Å². The smallest absolute Gasteiger partial charge is 0.260 e. The van der Waals surface area contributed by atoms with Gasteiger partial charge in [-0.3, -0.25) is 29.5 Å². The number of amides is 4. The molecule has 2 aliphatic carbocycles. The highest BCUT2D eigenvalue weighted by atomic mass is 35.5. The number of para-hydroxylation sites is 1. The maximum atomic E-state index is 15.5. The summed E-state index contributed by atoms with van der Waals surface area (Å²) in [6, 6.07) is 23.8. The van der Waals surface area contributed by atoms with E-state index >= 15 is 4.79 Å². The molecule has 0 aromatic heterocycles. The summed E-state index contributed by atoms with van der Waals surface area (Å²) >= 11 is 12.7. The molecule has 280 valence electrons. The van der Waals surface area contributed by atoms with Crippen LogP contribution in [0.1, 0.15) is 42.4 Å². The molecule has 0 spiro atoms. The number of aromatic hydroxyl groups is 1. The molecule has 6 unspecified atom stereocenters. The van der Waals surface area contributed by atoms with Gasteiger partial charge in [0.15, 0.2) is 11.5 Å². The first-order chi connectivity index (χ1) is 26.5. The maximum Gasteiger partial charge on any atom is 0.260 e. The molecule has 3 fully saturated rings. The van der Waals surface area contributed by atoms with Crippen molar-refractivity contribution in [3.8, 4) is 17.2 Å². The Labute approximate surface area is 327 Å². The van der Waals surface area contributed by atoms with E-state index in [1.165, 1.54) is 18.1 Å². The molecule has 0 radical (unpaired) electrons. The Bertz CT molecular complexity index is 2290. The summed E-state index contributed by atoms with van der Waals surface area (Å²) in [5.41, 5.74) is 4.45. The zero-order valence-electron chi connectivity index (χ0n) is 30.0. The topological polar surface area (TPSA) is 125 Å². The molecule has 4 aromatic rings. The summed E-state index contributed by atoms with van der Waals surface area (Å²) in [6.45, 7) is 5.86. The largest absolute Gasteiger partial charge is 0.504 e. The van der Waals surface area contributed by atoms with Gasteiger partial charge in [0.2, 0.25) is 11.8 Å². The van der Waals surface area contributed by atoms with Gasteiger partial charge in [0.1, 0.15) is 5.75 Å². The minimum atomic E-state index is -1.64. The number of phenolic OH excluding ortho intramolecular Hbond substituents is 1. The average molecular weight is 779 g/mol. The van der Waals surface area contributed by atoms with Gasteiger partial charge in [-0.05, 0) is 85.3 Å². The number of hydrazine groups is 1. The number of hydrogen-bond donors (Lipinski definition) is 2. The van der Waals surface area contributed by atoms with Crippen LogP contribution in [0.15, 0.2) is 103 Å². The number of benzene rings is 4. The van der Waals surface area contributed by atoms with Crippen LogP contribution in [0, 0.1) is 23.7 Å². The van der Waals surface area contributed by atoms with Crippen LogP contribution in [0.25, 0.3) is 6.08 Å². The number of halogens is 2. The highest BCUT2D eigenvalue weighted by Gasteiger charge is 2.70. The summed E-state index contributed by atoms with van der Waals surface area (Å²) in [4.78, 5) is 60.5. The number of carbonyl (C=O) groups is 4. The number of nitrogens with zero attached hydrogens (tertiary/aromatic N) is 2. The van der Waals surface area contributed by atoms with E-state index in [9.17, 15) is 19.5 Å². The Balaban J connectivity index is 1.34. The number of rotatable bonds is 9. The minimum absolute atomic E-state index is 0.0702. The lowest BCUT2D eigenvalue weighted by Crippen LogP contribution is -2.53. The average Bonchev–Trinajstić information content (AvgIpc) is 3.57. The van der Waals surface area contributed by atoms with Crippen molar-refractivity contribution in [3.05, 3.63) is 130 Å². The van der Waals surface area contributed by atoms with Crippen molar-refractivity contribution in [3.63, 3.8) is 0 Å². The van der Waals surface area contributed by atoms with E-state index in [0.717, 1.165) is 10.6 Å². The summed E-state index contributed by atoms with van der Waals surface area (Å²) in [6.07, 6.45) is 3.91. The summed E-state index contributed by atoms with van der Waals surface area (Å²) < 4.78 is 11.3. The molecule has 0 bridgehead atoms. The lowest BCUT2D eigenvalue weighted by molar-refractivity contribution is -0.138. The molecule has 4 aliphatic rings. The van der Waals surface area contributed by atoms with Crippen LogP contribution in [0.5, 0.6) is 17.2 Å². The Morgan fingerprint density at radius 2 is 1.69 bits per heavy atom. The third kappa shape index (κ3) is 5.53. The van der Waals surface area contributed by atoms with Gasteiger partial charge in [0, 0.05) is 16.5 Å². The SMILES string of the molecule is C=Cc1ccc(N2C(=O)C3CC=C4C(CC5C(=O)N(Nc6ccc(Cl)cc6Cl)C(=O)C5(c5ccc(OC)cc5)C4c4cccc(OCC)c4O)C3C2=O)cc1. The predicted molar refractivity (Wildman–Crippen MR) is 209 cm³/mol. The molecular formula is C43H37Cl2N3O7. The van der Waals surface area contributed by atoms with E-state index < -0.39 is 46.8 Å². The molecule has 1 saturated carbocycles. The first-order valence-corrected chi connectivity index (χ1v) is 18.8. The molecule has 2 heterocycles. The van der Waals surface area contributed by atoms with E-state index in [2.05, 4.69) is 12.0 Å². The lowest BCUT2D eigenvalue weighted by Gasteiger charge is -2.50. The van der Waals surface area contributed by atoms with Crippen LogP contribution < -0.4 is 19.8 Å². The Hall–Kier alpha value is -5.58. The van der Waals surface area contributed by atoms with E-state index in [1.54, 1.807) is 91.9 Å². The van der Waals surface area contributed by atoms with Crippen LogP contribution in [0.4, 0.5) is 11.4 Å². The van der Waals surface area contributed by atoms with E-state index in [-0.39, 0.29) is 53.5 Å². The third-order valence-electron chi connectivity index (χ3n) is 11.6. The van der Waals surface area contributed by atoms with Crippen molar-refractivity contribution in [2.45, 2.75) is 31.1 Å². The number of imide groups is 2. The zero-order chi connectivity index (χ0) is 38.8. The minimum Gasteiger partial charge on any atom is -0.504 e. The van der Waals surface area contributed by atoms with Gasteiger partial charge in [0.05, 0.1) is 53.3 Å². The van der Waals surface area contributed by atoms with Crippen molar-refractivity contribution in [2.75, 3.05) is 24.0 Å². The number of nitrogens with one attached hydrogen (secondary N) is 1. The third-order valence-corrected chi connectivity index (χ3v) is 12.2. The van der Waals surface area contributed by atoms with Gasteiger partial charge < -0.3 is 14.6 Å². The number of phenols is 1. The quantitative estimate of drug-likeness (QED) is 0.130. The van der Waals surface area contributed by atoms with Crippen LogP contribution >= 0.6 is 23.2 Å². The Morgan fingerprint density at radius 3 is 2.36 bits per heavy atom. The molecule has 12 heteroatoms. The molecule has 2 aliphatic heterocycles. The van der Waals surface area contributed by atoms with Gasteiger partial charge in [-0.2, -0.15) is 5.01 Å². The highest BCUT2D eigenvalue weighted by molar-refractivity contribution is 6.36. The standard InChI is InChI=1S/C43H37Cl2N3O7/c1-4-23-9-14-26(15-10-23)47-39(50)29-19-18-28-31(36(29)41(47)52)22-32-40(51)48(46-34-20-13-25(44)21-33(34)45)42(53)43(32,24-11-16-27(54-3)17-12-24)37(28)30-7-6-8-35(38(30)49)55-5-2/h4,6-18,20-21,29,31-32,36-37,46,49H,1,5,19,22H2,2-3H3. The molecule has 4 amide bonds. The molecule has 6 atom stereocenters. The number of methoxy groups -OCH3 is 1. The fraction of sp³-hybridized carbons (Fsp3) is 0.256. The first kappa shape index (κ1) is 36.4.